The first kappa shape index (κ1) is 37.2. The molecule has 5 rings (SSSR count). The average molecular weight is 762 g/mol. The third kappa shape index (κ3) is 9.18. The fourth-order valence-electron chi connectivity index (χ4n) is 4.24. The smallest absolute Gasteiger partial charge is 0.296 e. The topological polar surface area (TPSA) is 336 Å². The summed E-state index contributed by atoms with van der Waals surface area (Å²) < 4.78 is 66.1. The van der Waals surface area contributed by atoms with Crippen LogP contribution >= 0.6 is 0 Å². The highest BCUT2D eigenvalue weighted by Gasteiger charge is 2.17. The molecule has 0 spiro atoms. The molecule has 0 aliphatic heterocycles. The molecule has 0 fully saturated rings. The van der Waals surface area contributed by atoms with E-state index in [1.807, 2.05) is 0 Å². The summed E-state index contributed by atoms with van der Waals surface area (Å²) in [5, 5.41) is 33.5. The van der Waals surface area contributed by atoms with Crippen LogP contribution in [0.3, 0.4) is 0 Å². The summed E-state index contributed by atoms with van der Waals surface area (Å²) in [6.45, 7) is 0. The van der Waals surface area contributed by atoms with Gasteiger partial charge in [-0.15, -0.1) is 10.2 Å². The maximum absolute atomic E-state index is 13.0. The Morgan fingerprint density at radius 2 is 1.32 bits per heavy atom. The van der Waals surface area contributed by atoms with E-state index in [2.05, 4.69) is 41.5 Å². The van der Waals surface area contributed by atoms with Gasteiger partial charge in [-0.25, -0.2) is 0 Å². The van der Waals surface area contributed by atoms with Crippen molar-refractivity contribution in [3.8, 4) is 0 Å². The predicted octanol–water partition coefficient (Wildman–Crippen LogP) is 3.54. The Kier molecular flexibility index (Phi) is 10.5. The molecule has 0 saturated heterocycles. The zero-order valence-corrected chi connectivity index (χ0v) is 28.1. The van der Waals surface area contributed by atoms with Gasteiger partial charge in [0.05, 0.1) is 43.9 Å². The number of rotatable bonds is 11. The minimum atomic E-state index is -4.88. The number of benzene rings is 5. The summed E-state index contributed by atoms with van der Waals surface area (Å²) in [5.74, 6) is 0. The normalized spacial score (nSPS) is 12.8. The van der Waals surface area contributed by atoms with Crippen LogP contribution in [0.2, 0.25) is 0 Å². The third-order valence-electron chi connectivity index (χ3n) is 6.82. The van der Waals surface area contributed by atoms with E-state index < -0.39 is 56.9 Å². The number of nitrogens with one attached hydrogen (secondary N) is 2. The van der Waals surface area contributed by atoms with Crippen molar-refractivity contribution < 1.29 is 30.9 Å². The van der Waals surface area contributed by atoms with Crippen LogP contribution in [-0.2, 0) is 20.2 Å². The Morgan fingerprint density at radius 1 is 0.679 bits per heavy atom. The van der Waals surface area contributed by atoms with Gasteiger partial charge in [-0.05, 0) is 72.8 Å². The van der Waals surface area contributed by atoms with Crippen molar-refractivity contribution in [3.05, 3.63) is 132 Å². The minimum Gasteiger partial charge on any atom is -0.397 e. The molecule has 0 unspecified atom stereocenters. The Labute approximate surface area is 296 Å². The molecule has 270 valence electrons. The number of non-ortho nitro benzene ring substituents is 1. The minimum absolute atomic E-state index is 0.0211. The zero-order valence-electron chi connectivity index (χ0n) is 26.4. The van der Waals surface area contributed by atoms with Crippen LogP contribution in [0, 0.1) is 10.1 Å². The molecule has 0 atom stereocenters. The van der Waals surface area contributed by atoms with Gasteiger partial charge in [-0.1, -0.05) is 6.07 Å². The molecule has 5 aromatic carbocycles. The number of hydrogen-bond donors (Lipinski definition) is 6. The van der Waals surface area contributed by atoms with Gasteiger partial charge in [0.1, 0.15) is 21.6 Å². The lowest BCUT2D eigenvalue weighted by atomic mass is 10.2. The SMILES string of the molecule is Nc1cc(N)c(N=Nc2ccc(S(=O)(=O)O)c(N/N=c3/c(=O)cc/c(=N\Nc4ccc([N+](=O)[O-])cc4)c3=O)c2)cc1N=Nc1cccc(S(=O)(=O)O)c1. The quantitative estimate of drug-likeness (QED) is 0.0369. The summed E-state index contributed by atoms with van der Waals surface area (Å²) in [7, 11) is -9.37. The highest BCUT2D eigenvalue weighted by atomic mass is 32.2. The third-order valence-corrected chi connectivity index (χ3v) is 8.59. The zero-order chi connectivity index (χ0) is 38.5. The molecular weight excluding hydrogens is 739 g/mol. The fourth-order valence-corrected chi connectivity index (χ4v) is 5.38. The molecule has 5 aromatic rings. The molecule has 0 aromatic heterocycles. The molecule has 23 heteroatoms. The van der Waals surface area contributed by atoms with Crippen LogP contribution in [0.25, 0.3) is 0 Å². The van der Waals surface area contributed by atoms with Gasteiger partial charge in [-0.3, -0.25) is 39.7 Å². The number of nitrogens with zero attached hydrogens (tertiary/aromatic N) is 7. The molecule has 0 aliphatic carbocycles. The van der Waals surface area contributed by atoms with Crippen molar-refractivity contribution >= 4 is 71.4 Å². The molecule has 0 radical (unpaired) electrons. The number of nitro groups is 1. The summed E-state index contributed by atoms with van der Waals surface area (Å²) in [4.78, 5) is 34.7. The van der Waals surface area contributed by atoms with Gasteiger partial charge in [0.15, 0.2) is 5.36 Å². The molecular formula is C30H23N11O10S2. The van der Waals surface area contributed by atoms with E-state index >= 15 is 0 Å². The van der Waals surface area contributed by atoms with Gasteiger partial charge >= 0.3 is 0 Å². The van der Waals surface area contributed by atoms with Crippen LogP contribution in [0.15, 0.2) is 141 Å². The van der Waals surface area contributed by atoms with E-state index in [0.717, 1.165) is 42.5 Å². The second kappa shape index (κ2) is 15.0. The van der Waals surface area contributed by atoms with E-state index in [1.54, 1.807) is 0 Å². The van der Waals surface area contributed by atoms with E-state index in [9.17, 15) is 45.6 Å². The highest BCUT2D eigenvalue weighted by molar-refractivity contribution is 7.86. The van der Waals surface area contributed by atoms with Crippen molar-refractivity contribution in [1.82, 2.24) is 0 Å². The van der Waals surface area contributed by atoms with Crippen LogP contribution in [0.5, 0.6) is 0 Å². The van der Waals surface area contributed by atoms with Crippen molar-refractivity contribution in [1.29, 1.82) is 0 Å². The van der Waals surface area contributed by atoms with E-state index in [4.69, 9.17) is 11.5 Å². The van der Waals surface area contributed by atoms with Crippen molar-refractivity contribution in [2.75, 3.05) is 22.3 Å². The Balaban J connectivity index is 1.44. The summed E-state index contributed by atoms with van der Waals surface area (Å²) in [6.07, 6.45) is 0. The fraction of sp³-hybridized carbons (Fsp3) is 0. The second-order valence-corrected chi connectivity index (χ2v) is 13.3. The standard InChI is InChI=1S/C30H23N11O10S2/c31-21-14-22(32)25(15-24(21)37-34-17-2-1-3-20(12-17)52(46,47)48)38-35-18-6-11-28(53(49,50)51)26(13-18)39-40-29-27(42)10-9-23(30(29)43)36-33-16-4-7-19(8-5-16)41(44)45/h1-15,33,39H,31-32H2,(H,46,47,48)(H,49,50,51)/b36-23+,37-34?,38-35?,40-29-. The van der Waals surface area contributed by atoms with Gasteiger partial charge in [-0.2, -0.15) is 37.3 Å². The van der Waals surface area contributed by atoms with Gasteiger partial charge < -0.3 is 11.5 Å². The summed E-state index contributed by atoms with van der Waals surface area (Å²) >= 11 is 0. The van der Waals surface area contributed by atoms with Crippen LogP contribution in [-0.4, -0.2) is 30.9 Å². The number of nitrogens with two attached hydrogens (primary N) is 2. The molecule has 0 aliphatic rings. The second-order valence-electron chi connectivity index (χ2n) is 10.5. The lowest BCUT2D eigenvalue weighted by Gasteiger charge is -2.07. The Bertz CT molecular complexity index is 2790. The number of hydrogen-bond acceptors (Lipinski definition) is 18. The molecule has 0 saturated carbocycles. The molecule has 8 N–H and O–H groups in total. The lowest BCUT2D eigenvalue weighted by Crippen LogP contribution is -2.48. The first-order valence-electron chi connectivity index (χ1n) is 14.4. The first-order chi connectivity index (χ1) is 25.0. The van der Waals surface area contributed by atoms with E-state index in [1.165, 1.54) is 48.5 Å². The summed E-state index contributed by atoms with van der Waals surface area (Å²) in [5.41, 5.74) is 14.9. The van der Waals surface area contributed by atoms with Crippen LogP contribution in [0.4, 0.5) is 51.2 Å². The van der Waals surface area contributed by atoms with Crippen molar-refractivity contribution in [2.45, 2.75) is 9.79 Å². The maximum Gasteiger partial charge on any atom is 0.296 e. The highest BCUT2D eigenvalue weighted by Crippen LogP contribution is 2.36. The van der Waals surface area contributed by atoms with Gasteiger partial charge in [0, 0.05) is 12.1 Å². The average Bonchev–Trinajstić information content (AvgIpc) is 3.10. The molecule has 0 amide bonds. The number of nitrogen functional groups attached to an aromatic ring is 2. The Hall–Kier alpha value is -7.08. The predicted molar refractivity (Wildman–Crippen MR) is 189 cm³/mol. The van der Waals surface area contributed by atoms with Gasteiger partial charge in [0.2, 0.25) is 10.9 Å². The Morgan fingerprint density at radius 3 is 1.92 bits per heavy atom. The van der Waals surface area contributed by atoms with Crippen LogP contribution < -0.4 is 43.9 Å². The number of anilines is 4. The van der Waals surface area contributed by atoms with E-state index in [0.29, 0.717) is 0 Å². The maximum atomic E-state index is 13.0. The number of nitro benzene ring substituents is 1. The van der Waals surface area contributed by atoms with Crippen molar-refractivity contribution in [2.24, 2.45) is 30.7 Å². The van der Waals surface area contributed by atoms with Gasteiger partial charge in [0.25, 0.3) is 25.9 Å². The molecule has 0 heterocycles. The molecule has 21 nitrogen and oxygen atoms in total. The summed E-state index contributed by atoms with van der Waals surface area (Å²) in [6, 6.07) is 17.9. The van der Waals surface area contributed by atoms with Crippen molar-refractivity contribution in [3.63, 3.8) is 0 Å². The lowest BCUT2D eigenvalue weighted by molar-refractivity contribution is -0.384. The van der Waals surface area contributed by atoms with E-state index in [-0.39, 0.29) is 50.9 Å². The first-order valence-corrected chi connectivity index (χ1v) is 17.3. The monoisotopic (exact) mass is 761 g/mol. The van der Waals surface area contributed by atoms with Crippen LogP contribution in [0.1, 0.15) is 0 Å². The molecule has 0 bridgehead atoms. The largest absolute Gasteiger partial charge is 0.397 e. The number of azo groups is 2. The molecule has 53 heavy (non-hydrogen) atoms.